The van der Waals surface area contributed by atoms with Gasteiger partial charge in [0.2, 0.25) is 0 Å². The van der Waals surface area contributed by atoms with E-state index >= 15 is 0 Å². The van der Waals surface area contributed by atoms with E-state index in [-0.39, 0.29) is 0 Å². The number of hydrogen-bond acceptors (Lipinski definition) is 4. The highest BCUT2D eigenvalue weighted by Gasteiger charge is 2.06. The minimum atomic E-state index is 0.824. The van der Waals surface area contributed by atoms with Gasteiger partial charge < -0.3 is 4.74 Å². The molecule has 6 heteroatoms. The molecule has 0 bridgehead atoms. The van der Waals surface area contributed by atoms with Crippen molar-refractivity contribution in [3.05, 3.63) is 34.6 Å². The second-order valence-corrected chi connectivity index (χ2v) is 5.21. The van der Waals surface area contributed by atoms with Crippen molar-refractivity contribution in [2.45, 2.75) is 10.9 Å². The van der Waals surface area contributed by atoms with Crippen molar-refractivity contribution in [1.29, 1.82) is 0 Å². The van der Waals surface area contributed by atoms with Crippen LogP contribution in [0.4, 0.5) is 0 Å². The molecule has 0 saturated heterocycles. The Morgan fingerprint density at radius 1 is 1.47 bits per heavy atom. The van der Waals surface area contributed by atoms with Crippen molar-refractivity contribution in [1.82, 2.24) is 14.8 Å². The van der Waals surface area contributed by atoms with Crippen molar-refractivity contribution < 1.29 is 4.74 Å². The largest absolute Gasteiger partial charge is 0.497 e. The van der Waals surface area contributed by atoms with Crippen LogP contribution in [0.1, 0.15) is 5.56 Å². The highest BCUT2D eigenvalue weighted by atomic mass is 79.9. The molecule has 0 saturated carbocycles. The molecule has 0 unspecified atom stereocenters. The molecule has 1 aromatic heterocycles. The van der Waals surface area contributed by atoms with Crippen molar-refractivity contribution in [2.24, 2.45) is 7.05 Å². The van der Waals surface area contributed by atoms with Crippen LogP contribution in [0.15, 0.2) is 34.2 Å². The number of aromatic nitrogens is 3. The summed E-state index contributed by atoms with van der Waals surface area (Å²) >= 11 is 5.17. The maximum atomic E-state index is 5.21. The summed E-state index contributed by atoms with van der Waals surface area (Å²) in [6.07, 6.45) is 1.56. The quantitative estimate of drug-likeness (QED) is 0.814. The molecule has 0 atom stereocenters. The summed E-state index contributed by atoms with van der Waals surface area (Å²) in [7, 11) is 3.55. The van der Waals surface area contributed by atoms with Gasteiger partial charge in [-0.15, -0.1) is 0 Å². The normalized spacial score (nSPS) is 10.5. The second kappa shape index (κ2) is 5.55. The number of ether oxygens (including phenoxy) is 1. The molecule has 2 aromatic rings. The standard InChI is InChI=1S/C11H12BrN3OS/c1-15-11(13-7-14-15)17-6-8-5-9(16-2)3-4-10(8)12/h3-5,7H,6H2,1-2H3. The fourth-order valence-corrected chi connectivity index (χ4v) is 2.80. The number of halogens is 1. The van der Waals surface area contributed by atoms with Crippen LogP contribution in [0.2, 0.25) is 0 Å². The van der Waals surface area contributed by atoms with Crippen molar-refractivity contribution in [3.8, 4) is 5.75 Å². The maximum absolute atomic E-state index is 5.21. The highest BCUT2D eigenvalue weighted by Crippen LogP contribution is 2.28. The van der Waals surface area contributed by atoms with Gasteiger partial charge in [-0.25, -0.2) is 9.67 Å². The van der Waals surface area contributed by atoms with Crippen LogP contribution >= 0.6 is 27.7 Å². The number of rotatable bonds is 4. The zero-order chi connectivity index (χ0) is 12.3. The minimum absolute atomic E-state index is 0.824. The predicted molar refractivity (Wildman–Crippen MR) is 71.3 cm³/mol. The monoisotopic (exact) mass is 313 g/mol. The van der Waals surface area contributed by atoms with Gasteiger partial charge in [0.05, 0.1) is 7.11 Å². The summed E-state index contributed by atoms with van der Waals surface area (Å²) in [5.74, 6) is 1.69. The van der Waals surface area contributed by atoms with Gasteiger partial charge >= 0.3 is 0 Å². The Bertz CT molecular complexity index is 515. The Hall–Kier alpha value is -1.01. The lowest BCUT2D eigenvalue weighted by Crippen LogP contribution is -1.94. The highest BCUT2D eigenvalue weighted by molar-refractivity contribution is 9.10. The van der Waals surface area contributed by atoms with E-state index in [4.69, 9.17) is 4.74 Å². The number of methoxy groups -OCH3 is 1. The number of benzene rings is 1. The van der Waals surface area contributed by atoms with E-state index in [2.05, 4.69) is 26.0 Å². The van der Waals surface area contributed by atoms with E-state index in [1.165, 1.54) is 5.56 Å². The van der Waals surface area contributed by atoms with Crippen molar-refractivity contribution in [2.75, 3.05) is 7.11 Å². The van der Waals surface area contributed by atoms with Gasteiger partial charge in [-0.05, 0) is 23.8 Å². The number of hydrogen-bond donors (Lipinski definition) is 0. The molecular weight excluding hydrogens is 302 g/mol. The molecule has 0 aliphatic carbocycles. The van der Waals surface area contributed by atoms with Crippen LogP contribution in [-0.2, 0) is 12.8 Å². The third kappa shape index (κ3) is 3.01. The van der Waals surface area contributed by atoms with Gasteiger partial charge in [0.1, 0.15) is 12.1 Å². The third-order valence-electron chi connectivity index (χ3n) is 2.28. The molecule has 0 fully saturated rings. The molecule has 1 aromatic carbocycles. The summed E-state index contributed by atoms with van der Waals surface area (Å²) in [6, 6.07) is 5.94. The Balaban J connectivity index is 2.11. The predicted octanol–water partition coefficient (Wildman–Crippen LogP) is 2.88. The molecule has 0 N–H and O–H groups in total. The summed E-state index contributed by atoms with van der Waals surface area (Å²) in [5.41, 5.74) is 1.18. The van der Waals surface area contributed by atoms with Crippen molar-refractivity contribution in [3.63, 3.8) is 0 Å². The first-order chi connectivity index (χ1) is 8.20. The maximum Gasteiger partial charge on any atom is 0.186 e. The molecule has 17 heavy (non-hydrogen) atoms. The molecule has 2 rings (SSSR count). The topological polar surface area (TPSA) is 39.9 Å². The molecular formula is C11H12BrN3OS. The van der Waals surface area contributed by atoms with E-state index in [0.29, 0.717) is 0 Å². The van der Waals surface area contributed by atoms with Crippen LogP contribution in [0.3, 0.4) is 0 Å². The van der Waals surface area contributed by atoms with Crippen LogP contribution in [0.25, 0.3) is 0 Å². The van der Waals surface area contributed by atoms with Crippen molar-refractivity contribution >= 4 is 27.7 Å². The average molecular weight is 314 g/mol. The first kappa shape index (κ1) is 12.4. The SMILES string of the molecule is COc1ccc(Br)c(CSc2ncnn2C)c1. The van der Waals surface area contributed by atoms with Crippen LogP contribution < -0.4 is 4.74 Å². The summed E-state index contributed by atoms with van der Waals surface area (Å²) in [5, 5.41) is 4.94. The zero-order valence-electron chi connectivity index (χ0n) is 9.55. The Kier molecular flexibility index (Phi) is 4.06. The molecule has 1 heterocycles. The Morgan fingerprint density at radius 2 is 2.29 bits per heavy atom. The fraction of sp³-hybridized carbons (Fsp3) is 0.273. The zero-order valence-corrected chi connectivity index (χ0v) is 12.0. The smallest absolute Gasteiger partial charge is 0.186 e. The Labute approximate surface area is 113 Å². The second-order valence-electron chi connectivity index (χ2n) is 3.41. The van der Waals surface area contributed by atoms with Gasteiger partial charge in [-0.3, -0.25) is 0 Å². The average Bonchev–Trinajstić information content (AvgIpc) is 2.74. The lowest BCUT2D eigenvalue weighted by molar-refractivity contribution is 0.414. The summed E-state index contributed by atoms with van der Waals surface area (Å²) in [6.45, 7) is 0. The van der Waals surface area contributed by atoms with Crippen LogP contribution in [0.5, 0.6) is 5.75 Å². The molecule has 4 nitrogen and oxygen atoms in total. The van der Waals surface area contributed by atoms with Gasteiger partial charge in [-0.2, -0.15) is 5.10 Å². The first-order valence-corrected chi connectivity index (χ1v) is 6.78. The van der Waals surface area contributed by atoms with E-state index in [0.717, 1.165) is 21.1 Å². The number of nitrogens with zero attached hydrogens (tertiary/aromatic N) is 3. The van der Waals surface area contributed by atoms with E-state index < -0.39 is 0 Å². The lowest BCUT2D eigenvalue weighted by atomic mass is 10.2. The van der Waals surface area contributed by atoms with Gasteiger partial charge in [0.25, 0.3) is 0 Å². The molecule has 0 radical (unpaired) electrons. The molecule has 90 valence electrons. The summed E-state index contributed by atoms with van der Waals surface area (Å²) in [4.78, 5) is 4.17. The van der Waals surface area contributed by atoms with Gasteiger partial charge in [-0.1, -0.05) is 27.7 Å². The van der Waals surface area contributed by atoms with E-state index in [9.17, 15) is 0 Å². The minimum Gasteiger partial charge on any atom is -0.497 e. The third-order valence-corrected chi connectivity index (χ3v) is 4.14. The Morgan fingerprint density at radius 3 is 2.94 bits per heavy atom. The first-order valence-electron chi connectivity index (χ1n) is 5.00. The van der Waals surface area contributed by atoms with E-state index in [1.807, 2.05) is 25.2 Å². The molecule has 0 spiro atoms. The fourth-order valence-electron chi connectivity index (χ4n) is 1.35. The lowest BCUT2D eigenvalue weighted by Gasteiger charge is -2.06. The van der Waals surface area contributed by atoms with Crippen LogP contribution in [-0.4, -0.2) is 21.9 Å². The van der Waals surface area contributed by atoms with E-state index in [1.54, 1.807) is 29.9 Å². The molecule has 0 amide bonds. The van der Waals surface area contributed by atoms with Crippen LogP contribution in [0, 0.1) is 0 Å². The molecule has 0 aliphatic rings. The van der Waals surface area contributed by atoms with Gasteiger partial charge in [0, 0.05) is 17.3 Å². The number of aryl methyl sites for hydroxylation is 1. The van der Waals surface area contributed by atoms with Gasteiger partial charge in [0.15, 0.2) is 5.16 Å². The summed E-state index contributed by atoms with van der Waals surface area (Å²) < 4.78 is 8.05. The molecule has 0 aliphatic heterocycles. The number of thioether (sulfide) groups is 1.